The van der Waals surface area contributed by atoms with Crippen LogP contribution in [0.2, 0.25) is 0 Å². The molecular formula is C16H22F3N3O2. The van der Waals surface area contributed by atoms with Gasteiger partial charge >= 0.3 is 12.2 Å². The smallest absolute Gasteiger partial charge is 0.388 e. The second-order valence-corrected chi connectivity index (χ2v) is 5.95. The molecule has 1 heterocycles. The first-order chi connectivity index (χ1) is 11.3. The van der Waals surface area contributed by atoms with Gasteiger partial charge in [-0.05, 0) is 18.4 Å². The van der Waals surface area contributed by atoms with Crippen molar-refractivity contribution in [2.24, 2.45) is 0 Å². The van der Waals surface area contributed by atoms with E-state index in [1.807, 2.05) is 18.2 Å². The van der Waals surface area contributed by atoms with Gasteiger partial charge in [0.15, 0.2) is 0 Å². The molecule has 0 saturated carbocycles. The van der Waals surface area contributed by atoms with E-state index in [0.717, 1.165) is 5.56 Å². The minimum absolute atomic E-state index is 0.194. The quantitative estimate of drug-likeness (QED) is 0.739. The lowest BCUT2D eigenvalue weighted by molar-refractivity contribution is -0.143. The number of carbonyl (C=O) groups is 1. The van der Waals surface area contributed by atoms with Crippen molar-refractivity contribution in [2.45, 2.75) is 31.2 Å². The summed E-state index contributed by atoms with van der Waals surface area (Å²) >= 11 is 0. The monoisotopic (exact) mass is 345 g/mol. The van der Waals surface area contributed by atoms with Crippen molar-refractivity contribution < 1.29 is 23.1 Å². The van der Waals surface area contributed by atoms with Crippen LogP contribution in [0.3, 0.4) is 0 Å². The molecule has 1 fully saturated rings. The zero-order valence-corrected chi connectivity index (χ0v) is 13.2. The Morgan fingerprint density at radius 2 is 2.04 bits per heavy atom. The molecule has 2 rings (SSSR count). The predicted molar refractivity (Wildman–Crippen MR) is 83.5 cm³/mol. The highest BCUT2D eigenvalue weighted by Gasteiger charge is 2.34. The largest absolute Gasteiger partial charge is 0.401 e. The fourth-order valence-electron chi connectivity index (χ4n) is 2.75. The number of halogens is 3. The number of nitrogens with zero attached hydrogens (tertiary/aromatic N) is 1. The Kier molecular flexibility index (Phi) is 6.44. The van der Waals surface area contributed by atoms with Crippen LogP contribution in [-0.2, 0) is 0 Å². The minimum atomic E-state index is -4.22. The molecule has 2 atom stereocenters. The zero-order valence-electron chi connectivity index (χ0n) is 13.2. The summed E-state index contributed by atoms with van der Waals surface area (Å²) in [6, 6.07) is 8.40. The first kappa shape index (κ1) is 18.5. The van der Waals surface area contributed by atoms with Gasteiger partial charge in [-0.15, -0.1) is 0 Å². The van der Waals surface area contributed by atoms with Crippen LogP contribution in [0.5, 0.6) is 0 Å². The average Bonchev–Trinajstić information content (AvgIpc) is 2.92. The number of hydrogen-bond acceptors (Lipinski definition) is 3. The molecule has 1 aliphatic rings. The lowest BCUT2D eigenvalue weighted by Gasteiger charge is -2.18. The Labute approximate surface area is 138 Å². The van der Waals surface area contributed by atoms with Crippen LogP contribution in [0.15, 0.2) is 30.3 Å². The Bertz CT molecular complexity index is 525. The molecule has 1 saturated heterocycles. The summed E-state index contributed by atoms with van der Waals surface area (Å²) in [7, 11) is 0. The Morgan fingerprint density at radius 1 is 1.33 bits per heavy atom. The molecule has 24 heavy (non-hydrogen) atoms. The summed E-state index contributed by atoms with van der Waals surface area (Å²) in [4.78, 5) is 13.0. The maximum atomic E-state index is 12.3. The highest BCUT2D eigenvalue weighted by Crippen LogP contribution is 2.20. The van der Waals surface area contributed by atoms with Crippen molar-refractivity contribution in [3.63, 3.8) is 0 Å². The van der Waals surface area contributed by atoms with E-state index in [1.165, 1.54) is 4.90 Å². The van der Waals surface area contributed by atoms with E-state index in [0.29, 0.717) is 19.4 Å². The maximum Gasteiger partial charge on any atom is 0.401 e. The summed E-state index contributed by atoms with van der Waals surface area (Å²) in [6.07, 6.45) is -4.02. The number of aliphatic hydroxyl groups excluding tert-OH is 1. The summed E-state index contributed by atoms with van der Waals surface area (Å²) in [6.45, 7) is -0.159. The molecule has 2 unspecified atom stereocenters. The Balaban J connectivity index is 1.64. The normalized spacial score (nSPS) is 19.9. The van der Waals surface area contributed by atoms with Crippen LogP contribution < -0.4 is 10.6 Å². The van der Waals surface area contributed by atoms with E-state index in [-0.39, 0.29) is 19.1 Å². The van der Waals surface area contributed by atoms with E-state index in [1.54, 1.807) is 12.1 Å². The molecule has 3 N–H and O–H groups in total. The van der Waals surface area contributed by atoms with Gasteiger partial charge in [-0.2, -0.15) is 13.2 Å². The molecule has 1 aromatic carbocycles. The van der Waals surface area contributed by atoms with Crippen LogP contribution in [0.25, 0.3) is 0 Å². The molecule has 8 heteroatoms. The van der Waals surface area contributed by atoms with Crippen molar-refractivity contribution in [3.05, 3.63) is 35.9 Å². The van der Waals surface area contributed by atoms with Gasteiger partial charge in [0.05, 0.1) is 12.6 Å². The molecular weight excluding hydrogens is 323 g/mol. The van der Waals surface area contributed by atoms with Crippen LogP contribution >= 0.6 is 0 Å². The molecule has 0 spiro atoms. The fourth-order valence-corrected chi connectivity index (χ4v) is 2.75. The lowest BCUT2D eigenvalue weighted by atomic mass is 10.1. The second-order valence-electron chi connectivity index (χ2n) is 5.95. The van der Waals surface area contributed by atoms with Gasteiger partial charge in [0.2, 0.25) is 0 Å². The number of amides is 2. The van der Waals surface area contributed by atoms with E-state index in [4.69, 9.17) is 0 Å². The number of carbonyl (C=O) groups excluding carboxylic acids is 1. The third-order valence-electron chi connectivity index (χ3n) is 3.90. The molecule has 1 aliphatic heterocycles. The fraction of sp³-hybridized carbons (Fsp3) is 0.562. The number of rotatable bonds is 6. The van der Waals surface area contributed by atoms with E-state index >= 15 is 0 Å². The zero-order chi connectivity index (χ0) is 17.6. The number of hydrogen-bond donors (Lipinski definition) is 3. The van der Waals surface area contributed by atoms with Crippen molar-refractivity contribution in [2.75, 3.05) is 26.2 Å². The van der Waals surface area contributed by atoms with E-state index < -0.39 is 24.9 Å². The molecule has 0 aliphatic carbocycles. The molecule has 0 radical (unpaired) electrons. The van der Waals surface area contributed by atoms with Crippen LogP contribution in [-0.4, -0.2) is 54.4 Å². The average molecular weight is 345 g/mol. The molecule has 5 nitrogen and oxygen atoms in total. The van der Waals surface area contributed by atoms with Gasteiger partial charge in [-0.3, -0.25) is 4.90 Å². The Hall–Kier alpha value is -1.80. The second kappa shape index (κ2) is 8.34. The first-order valence-electron chi connectivity index (χ1n) is 7.90. The number of likely N-dealkylation sites (tertiary alicyclic amines) is 1. The highest BCUT2D eigenvalue weighted by molar-refractivity contribution is 5.74. The molecule has 2 amide bonds. The topological polar surface area (TPSA) is 64.6 Å². The summed E-state index contributed by atoms with van der Waals surface area (Å²) < 4.78 is 36.9. The van der Waals surface area contributed by atoms with Gasteiger partial charge in [0.25, 0.3) is 0 Å². The minimum Gasteiger partial charge on any atom is -0.388 e. The third-order valence-corrected chi connectivity index (χ3v) is 3.90. The van der Waals surface area contributed by atoms with Gasteiger partial charge in [0.1, 0.15) is 0 Å². The first-order valence-corrected chi connectivity index (χ1v) is 7.90. The maximum absolute atomic E-state index is 12.3. The molecule has 0 aromatic heterocycles. The highest BCUT2D eigenvalue weighted by atomic mass is 19.4. The summed E-state index contributed by atoms with van der Waals surface area (Å²) in [5, 5.41) is 15.3. The summed E-state index contributed by atoms with van der Waals surface area (Å²) in [5.74, 6) is 0. The summed E-state index contributed by atoms with van der Waals surface area (Å²) in [5.41, 5.74) is 0.776. The van der Waals surface area contributed by atoms with Crippen LogP contribution in [0.4, 0.5) is 18.0 Å². The van der Waals surface area contributed by atoms with Crippen molar-refractivity contribution >= 4 is 6.03 Å². The van der Waals surface area contributed by atoms with Crippen LogP contribution in [0.1, 0.15) is 24.5 Å². The number of aliphatic hydroxyl groups is 1. The SMILES string of the molecule is O=C(NCCC(O)c1ccccc1)NC1CCN(CC(F)(F)F)C1. The van der Waals surface area contributed by atoms with Gasteiger partial charge in [-0.25, -0.2) is 4.79 Å². The number of alkyl halides is 3. The standard InChI is InChI=1S/C16H22F3N3O2/c17-16(18,19)11-22-9-7-13(10-22)21-15(24)20-8-6-14(23)12-4-2-1-3-5-12/h1-5,13-14,23H,6-11H2,(H2,20,21,24). The van der Waals surface area contributed by atoms with Gasteiger partial charge < -0.3 is 15.7 Å². The van der Waals surface area contributed by atoms with Crippen molar-refractivity contribution in [1.82, 2.24) is 15.5 Å². The van der Waals surface area contributed by atoms with Gasteiger partial charge in [0, 0.05) is 25.7 Å². The number of urea groups is 1. The molecule has 1 aromatic rings. The van der Waals surface area contributed by atoms with Crippen molar-refractivity contribution in [1.29, 1.82) is 0 Å². The third kappa shape index (κ3) is 6.37. The predicted octanol–water partition coefficient (Wildman–Crippen LogP) is 2.05. The van der Waals surface area contributed by atoms with E-state index in [2.05, 4.69) is 10.6 Å². The molecule has 134 valence electrons. The Morgan fingerprint density at radius 3 is 2.71 bits per heavy atom. The van der Waals surface area contributed by atoms with Crippen molar-refractivity contribution in [3.8, 4) is 0 Å². The lowest BCUT2D eigenvalue weighted by Crippen LogP contribution is -2.44. The number of benzene rings is 1. The van der Waals surface area contributed by atoms with Gasteiger partial charge in [-0.1, -0.05) is 30.3 Å². The number of nitrogens with one attached hydrogen (secondary N) is 2. The van der Waals surface area contributed by atoms with E-state index in [9.17, 15) is 23.1 Å². The molecule has 0 bridgehead atoms. The van der Waals surface area contributed by atoms with Crippen LogP contribution in [0, 0.1) is 0 Å².